The maximum absolute atomic E-state index is 14.2. The van der Waals surface area contributed by atoms with Gasteiger partial charge >= 0.3 is 6.18 Å². The summed E-state index contributed by atoms with van der Waals surface area (Å²) >= 11 is 0.623. The van der Waals surface area contributed by atoms with Crippen molar-refractivity contribution in [3.05, 3.63) is 59.7 Å². The molecule has 3 rings (SSSR count). The van der Waals surface area contributed by atoms with E-state index in [2.05, 4.69) is 0 Å². The molecule has 144 valence electrons. The number of alkyl halides is 3. The minimum atomic E-state index is -4.67. The summed E-state index contributed by atoms with van der Waals surface area (Å²) in [5, 5.41) is 10.8. The third-order valence-electron chi connectivity index (χ3n) is 5.01. The molecule has 1 aliphatic rings. The summed E-state index contributed by atoms with van der Waals surface area (Å²) in [4.78, 5) is 13.5. The summed E-state index contributed by atoms with van der Waals surface area (Å²) in [7, 11) is 1.46. The summed E-state index contributed by atoms with van der Waals surface area (Å²) in [6, 6.07) is 12.3. The summed E-state index contributed by atoms with van der Waals surface area (Å²) in [5.41, 5.74) is 0.463. The predicted molar refractivity (Wildman–Crippen MR) is 97.2 cm³/mol. The number of carbonyl (C=O) groups excluding carboxylic acids is 1. The quantitative estimate of drug-likeness (QED) is 0.735. The van der Waals surface area contributed by atoms with Gasteiger partial charge in [-0.2, -0.15) is 13.2 Å². The number of benzene rings is 2. The van der Waals surface area contributed by atoms with Crippen LogP contribution in [0.2, 0.25) is 0 Å². The number of carbonyl (C=O) groups is 1. The molecule has 0 radical (unpaired) electrons. The van der Waals surface area contributed by atoms with Crippen molar-refractivity contribution in [2.45, 2.75) is 35.3 Å². The molecule has 1 N–H and O–H groups in total. The number of ether oxygens (including phenoxy) is 1. The number of ketones is 1. The lowest BCUT2D eigenvalue weighted by atomic mass is 9.76. The van der Waals surface area contributed by atoms with Crippen molar-refractivity contribution < 1.29 is 27.8 Å². The van der Waals surface area contributed by atoms with Crippen molar-refractivity contribution in [2.75, 3.05) is 7.11 Å². The van der Waals surface area contributed by atoms with E-state index in [0.717, 1.165) is 0 Å². The molecule has 0 spiro atoms. The van der Waals surface area contributed by atoms with Crippen LogP contribution in [0.1, 0.15) is 35.4 Å². The van der Waals surface area contributed by atoms with Gasteiger partial charge in [0.15, 0.2) is 5.78 Å². The Morgan fingerprint density at radius 2 is 1.81 bits per heavy atom. The average molecular weight is 396 g/mol. The summed E-state index contributed by atoms with van der Waals surface area (Å²) in [6.07, 6.45) is -6.55. The number of fused-ring (bicyclic) bond motifs is 1. The molecular formula is C20H19F3O3S. The predicted octanol–water partition coefficient (Wildman–Crippen LogP) is 5.04. The topological polar surface area (TPSA) is 46.5 Å². The van der Waals surface area contributed by atoms with Crippen LogP contribution in [0.4, 0.5) is 13.2 Å². The molecule has 1 heterocycles. The average Bonchev–Trinajstić information content (AvgIpc) is 2.66. The molecule has 27 heavy (non-hydrogen) atoms. The fourth-order valence-corrected chi connectivity index (χ4v) is 5.00. The van der Waals surface area contributed by atoms with Crippen LogP contribution in [0.5, 0.6) is 5.75 Å². The molecule has 0 saturated carbocycles. The zero-order valence-corrected chi connectivity index (χ0v) is 15.6. The third kappa shape index (κ3) is 3.23. The highest BCUT2D eigenvalue weighted by Crippen LogP contribution is 2.60. The Balaban J connectivity index is 2.14. The number of aliphatic hydroxyl groups excluding tert-OH is 1. The van der Waals surface area contributed by atoms with Crippen LogP contribution < -0.4 is 4.74 Å². The molecule has 0 amide bonds. The van der Waals surface area contributed by atoms with Crippen molar-refractivity contribution in [3.63, 3.8) is 0 Å². The van der Waals surface area contributed by atoms with Crippen LogP contribution in [0.25, 0.3) is 0 Å². The van der Waals surface area contributed by atoms with Crippen molar-refractivity contribution in [2.24, 2.45) is 5.92 Å². The van der Waals surface area contributed by atoms with Crippen LogP contribution >= 0.6 is 11.8 Å². The number of hydrogen-bond donors (Lipinski definition) is 1. The van der Waals surface area contributed by atoms with E-state index in [0.29, 0.717) is 28.0 Å². The molecule has 2 aromatic rings. The number of Topliss-reactive ketones (excluding diaryl/α,β-unsaturated/α-hetero) is 1. The third-order valence-corrected chi connectivity index (χ3v) is 6.74. The van der Waals surface area contributed by atoms with Gasteiger partial charge in [-0.05, 0) is 42.3 Å². The number of halogens is 3. The van der Waals surface area contributed by atoms with E-state index in [4.69, 9.17) is 4.74 Å². The fourth-order valence-electron chi connectivity index (χ4n) is 3.53. The number of aliphatic hydroxyl groups is 1. The lowest BCUT2D eigenvalue weighted by molar-refractivity contribution is -0.178. The van der Waals surface area contributed by atoms with E-state index in [1.54, 1.807) is 24.3 Å². The van der Waals surface area contributed by atoms with E-state index < -0.39 is 28.7 Å². The first-order chi connectivity index (χ1) is 12.7. The lowest BCUT2D eigenvalue weighted by Crippen LogP contribution is -2.54. The van der Waals surface area contributed by atoms with Crippen LogP contribution in [0.3, 0.4) is 0 Å². The van der Waals surface area contributed by atoms with Gasteiger partial charge in [-0.1, -0.05) is 25.1 Å². The van der Waals surface area contributed by atoms with Gasteiger partial charge in [0.1, 0.15) is 10.5 Å². The van der Waals surface area contributed by atoms with Gasteiger partial charge in [0.25, 0.3) is 0 Å². The van der Waals surface area contributed by atoms with Crippen molar-refractivity contribution >= 4 is 17.5 Å². The van der Waals surface area contributed by atoms with Crippen LogP contribution in [-0.2, 0) is 0 Å². The van der Waals surface area contributed by atoms with Crippen LogP contribution in [0, 0.1) is 5.92 Å². The maximum atomic E-state index is 14.2. The van der Waals surface area contributed by atoms with Gasteiger partial charge in [-0.25, -0.2) is 0 Å². The largest absolute Gasteiger partial charge is 0.497 e. The van der Waals surface area contributed by atoms with E-state index in [9.17, 15) is 23.1 Å². The zero-order chi connectivity index (χ0) is 19.8. The molecule has 0 aromatic heterocycles. The highest BCUT2D eigenvalue weighted by atomic mass is 32.2. The second-order valence-corrected chi connectivity index (χ2v) is 7.77. The van der Waals surface area contributed by atoms with Crippen LogP contribution in [0.15, 0.2) is 53.4 Å². The minimum Gasteiger partial charge on any atom is -0.497 e. The molecule has 0 aliphatic carbocycles. The first kappa shape index (κ1) is 19.8. The molecule has 0 fully saturated rings. The van der Waals surface area contributed by atoms with E-state index in [1.807, 2.05) is 0 Å². The molecule has 2 aromatic carbocycles. The maximum Gasteiger partial charge on any atom is 0.404 e. The van der Waals surface area contributed by atoms with Crippen molar-refractivity contribution in [1.29, 1.82) is 0 Å². The highest BCUT2D eigenvalue weighted by molar-refractivity contribution is 8.01. The summed E-state index contributed by atoms with van der Waals surface area (Å²) in [6.45, 7) is 1.40. The van der Waals surface area contributed by atoms with Gasteiger partial charge in [0.2, 0.25) is 0 Å². The first-order valence-corrected chi connectivity index (χ1v) is 9.28. The smallest absolute Gasteiger partial charge is 0.404 e. The molecule has 0 bridgehead atoms. The molecule has 7 heteroatoms. The van der Waals surface area contributed by atoms with Gasteiger partial charge < -0.3 is 9.84 Å². The Hall–Kier alpha value is -1.99. The Morgan fingerprint density at radius 1 is 1.19 bits per heavy atom. The highest BCUT2D eigenvalue weighted by Gasteiger charge is 2.65. The fraction of sp³-hybridized carbons (Fsp3) is 0.350. The SMILES string of the molecule is CC[C@@]1(C(F)(F)F)Sc2ccccc2[C@H](O)[C@H]1C(=O)c1ccc(OC)cc1. The Bertz CT molecular complexity index is 835. The van der Waals surface area contributed by atoms with Gasteiger partial charge in [-0.3, -0.25) is 4.79 Å². The number of rotatable bonds is 4. The first-order valence-electron chi connectivity index (χ1n) is 8.46. The number of methoxy groups -OCH3 is 1. The monoisotopic (exact) mass is 396 g/mol. The Labute approximate surface area is 159 Å². The summed E-state index contributed by atoms with van der Waals surface area (Å²) < 4.78 is 45.2. The normalized spacial score (nSPS) is 25.0. The second kappa shape index (κ2) is 7.20. The van der Waals surface area contributed by atoms with E-state index in [1.165, 1.54) is 38.3 Å². The molecule has 3 atom stereocenters. The zero-order valence-electron chi connectivity index (χ0n) is 14.8. The van der Waals surface area contributed by atoms with E-state index >= 15 is 0 Å². The van der Waals surface area contributed by atoms with Gasteiger partial charge in [0, 0.05) is 10.5 Å². The Kier molecular flexibility index (Phi) is 5.27. The number of hydrogen-bond acceptors (Lipinski definition) is 4. The minimum absolute atomic E-state index is 0.113. The van der Waals surface area contributed by atoms with E-state index in [-0.39, 0.29) is 12.0 Å². The summed E-state index contributed by atoms with van der Waals surface area (Å²) in [5.74, 6) is -1.88. The van der Waals surface area contributed by atoms with Gasteiger partial charge in [-0.15, -0.1) is 11.8 Å². The standard InChI is InChI=1S/C20H19F3O3S/c1-3-19(20(21,22)23)16(17(24)12-8-10-13(26-2)11-9-12)18(25)14-6-4-5-7-15(14)27-19/h4-11,16,18,25H,3H2,1-2H3/t16-,18+,19-/m1/s1. The van der Waals surface area contributed by atoms with Crippen LogP contribution in [-0.4, -0.2) is 28.9 Å². The number of thioether (sulfide) groups is 1. The second-order valence-electron chi connectivity index (χ2n) is 6.40. The molecule has 0 saturated heterocycles. The lowest BCUT2D eigenvalue weighted by Gasteiger charge is -2.46. The molecule has 1 aliphatic heterocycles. The Morgan fingerprint density at radius 3 is 2.37 bits per heavy atom. The van der Waals surface area contributed by atoms with Crippen molar-refractivity contribution in [1.82, 2.24) is 0 Å². The van der Waals surface area contributed by atoms with Gasteiger partial charge in [0.05, 0.1) is 19.1 Å². The molecule has 0 unspecified atom stereocenters. The van der Waals surface area contributed by atoms with Crippen molar-refractivity contribution in [3.8, 4) is 5.75 Å². The molecular weight excluding hydrogens is 377 g/mol. The molecule has 3 nitrogen and oxygen atoms in total.